The predicted molar refractivity (Wildman–Crippen MR) is 88.6 cm³/mol. The van der Waals surface area contributed by atoms with Gasteiger partial charge in [-0.15, -0.1) is 11.8 Å². The van der Waals surface area contributed by atoms with E-state index in [9.17, 15) is 4.79 Å². The van der Waals surface area contributed by atoms with Crippen LogP contribution >= 0.6 is 11.8 Å². The molecule has 1 N–H and O–H groups in total. The zero-order chi connectivity index (χ0) is 15.2. The molecule has 2 rings (SSSR count). The number of rotatable bonds is 5. The summed E-state index contributed by atoms with van der Waals surface area (Å²) in [5.74, 6) is -0.0942. The molecular formula is C18H18O2S. The van der Waals surface area contributed by atoms with E-state index >= 15 is 0 Å². The minimum Gasteiger partial charge on any atom is -0.478 e. The Labute approximate surface area is 129 Å². The van der Waals surface area contributed by atoms with Crippen LogP contribution in [0.3, 0.4) is 0 Å². The van der Waals surface area contributed by atoms with E-state index in [2.05, 4.69) is 44.2 Å². The van der Waals surface area contributed by atoms with E-state index in [1.807, 2.05) is 12.1 Å². The molecule has 0 aliphatic heterocycles. The molecule has 3 heteroatoms. The molecule has 0 unspecified atom stereocenters. The van der Waals surface area contributed by atoms with E-state index in [1.54, 1.807) is 17.8 Å². The second-order valence-corrected chi connectivity index (χ2v) is 5.96. The van der Waals surface area contributed by atoms with Crippen molar-refractivity contribution in [2.75, 3.05) is 0 Å². The summed E-state index contributed by atoms with van der Waals surface area (Å²) < 4.78 is 0. The van der Waals surface area contributed by atoms with Gasteiger partial charge >= 0.3 is 5.97 Å². The quantitative estimate of drug-likeness (QED) is 0.642. The van der Waals surface area contributed by atoms with Gasteiger partial charge in [-0.3, -0.25) is 0 Å². The van der Waals surface area contributed by atoms with Crippen LogP contribution in [0.5, 0.6) is 0 Å². The second-order valence-electron chi connectivity index (χ2n) is 4.92. The van der Waals surface area contributed by atoms with Gasteiger partial charge in [0.15, 0.2) is 0 Å². The van der Waals surface area contributed by atoms with Crippen LogP contribution in [-0.2, 0) is 10.5 Å². The molecule has 0 bridgehead atoms. The highest BCUT2D eigenvalue weighted by Crippen LogP contribution is 2.27. The van der Waals surface area contributed by atoms with E-state index in [1.165, 1.54) is 27.7 Å². The Balaban J connectivity index is 2.18. The smallest absolute Gasteiger partial charge is 0.328 e. The fraction of sp³-hybridized carbons (Fsp3) is 0.167. The van der Waals surface area contributed by atoms with Gasteiger partial charge in [0.25, 0.3) is 0 Å². The van der Waals surface area contributed by atoms with Gasteiger partial charge in [0.05, 0.1) is 0 Å². The lowest BCUT2D eigenvalue weighted by Gasteiger charge is -2.10. The lowest BCUT2D eigenvalue weighted by atomic mass is 10.0. The average Bonchev–Trinajstić information content (AvgIpc) is 2.46. The molecule has 2 nitrogen and oxygen atoms in total. The molecule has 0 aliphatic rings. The Morgan fingerprint density at radius 2 is 1.86 bits per heavy atom. The number of benzene rings is 2. The molecule has 0 saturated heterocycles. The van der Waals surface area contributed by atoms with Crippen molar-refractivity contribution in [2.45, 2.75) is 24.5 Å². The third kappa shape index (κ3) is 4.50. The van der Waals surface area contributed by atoms with Crippen molar-refractivity contribution in [3.05, 3.63) is 70.8 Å². The van der Waals surface area contributed by atoms with Crippen molar-refractivity contribution in [1.29, 1.82) is 0 Å². The van der Waals surface area contributed by atoms with Crippen LogP contribution in [-0.4, -0.2) is 11.1 Å². The summed E-state index contributed by atoms with van der Waals surface area (Å²) in [5, 5.41) is 8.78. The molecule has 0 atom stereocenters. The highest BCUT2D eigenvalue weighted by Gasteiger charge is 2.05. The lowest BCUT2D eigenvalue weighted by Crippen LogP contribution is -1.93. The van der Waals surface area contributed by atoms with Crippen LogP contribution in [0.15, 0.2) is 53.4 Å². The molecule has 2 aromatic carbocycles. The molecule has 0 fully saturated rings. The molecule has 0 radical (unpaired) electrons. The van der Waals surface area contributed by atoms with Crippen molar-refractivity contribution in [3.8, 4) is 0 Å². The number of thioether (sulfide) groups is 1. The van der Waals surface area contributed by atoms with E-state index in [0.29, 0.717) is 0 Å². The van der Waals surface area contributed by atoms with E-state index in [4.69, 9.17) is 5.11 Å². The predicted octanol–water partition coefficient (Wildman–Crippen LogP) is 4.69. The Kier molecular flexibility index (Phi) is 5.23. The minimum atomic E-state index is -0.923. The summed E-state index contributed by atoms with van der Waals surface area (Å²) in [6.07, 6.45) is 2.86. The molecule has 21 heavy (non-hydrogen) atoms. The largest absolute Gasteiger partial charge is 0.478 e. The molecule has 0 spiro atoms. The fourth-order valence-corrected chi connectivity index (χ4v) is 3.06. The van der Waals surface area contributed by atoms with Crippen molar-refractivity contribution >= 4 is 23.8 Å². The summed E-state index contributed by atoms with van der Waals surface area (Å²) in [6.45, 7) is 4.13. The number of aliphatic carboxylic acids is 1. The van der Waals surface area contributed by atoms with Gasteiger partial charge in [0, 0.05) is 16.7 Å². The first-order chi connectivity index (χ1) is 10.1. The van der Waals surface area contributed by atoms with Gasteiger partial charge in [-0.2, -0.15) is 0 Å². The summed E-state index contributed by atoms with van der Waals surface area (Å²) in [6, 6.07) is 14.4. The Hall–Kier alpha value is -2.00. The van der Waals surface area contributed by atoms with Gasteiger partial charge in [0.2, 0.25) is 0 Å². The maximum absolute atomic E-state index is 10.7. The van der Waals surface area contributed by atoms with E-state index in [-0.39, 0.29) is 0 Å². The summed E-state index contributed by atoms with van der Waals surface area (Å²) in [4.78, 5) is 11.9. The standard InChI is InChI=1S/C18H18O2S/c1-13-6-9-16(10-7-13)21-12-17-14(2)4-3-5-15(17)8-11-18(19)20/h3-11H,12H2,1-2H3,(H,19,20)/b11-8+. The van der Waals surface area contributed by atoms with Crippen molar-refractivity contribution < 1.29 is 9.90 Å². The monoisotopic (exact) mass is 298 g/mol. The zero-order valence-corrected chi connectivity index (χ0v) is 13.0. The van der Waals surface area contributed by atoms with Gasteiger partial charge in [-0.05, 0) is 48.7 Å². The topological polar surface area (TPSA) is 37.3 Å². The van der Waals surface area contributed by atoms with Crippen LogP contribution < -0.4 is 0 Å². The zero-order valence-electron chi connectivity index (χ0n) is 12.2. The highest BCUT2D eigenvalue weighted by atomic mass is 32.2. The van der Waals surface area contributed by atoms with Gasteiger partial charge in [-0.1, -0.05) is 35.9 Å². The maximum Gasteiger partial charge on any atom is 0.328 e. The van der Waals surface area contributed by atoms with Crippen LogP contribution in [0, 0.1) is 13.8 Å². The minimum absolute atomic E-state index is 0.828. The van der Waals surface area contributed by atoms with E-state index < -0.39 is 5.97 Å². The normalized spacial score (nSPS) is 11.0. The third-order valence-electron chi connectivity index (χ3n) is 3.26. The highest BCUT2D eigenvalue weighted by molar-refractivity contribution is 7.98. The first kappa shape index (κ1) is 15.4. The molecule has 2 aromatic rings. The lowest BCUT2D eigenvalue weighted by molar-refractivity contribution is -0.131. The summed E-state index contributed by atoms with van der Waals surface area (Å²) in [5.41, 5.74) is 4.58. The summed E-state index contributed by atoms with van der Waals surface area (Å²) >= 11 is 1.76. The molecule has 0 aromatic heterocycles. The molecule has 0 aliphatic carbocycles. The first-order valence-electron chi connectivity index (χ1n) is 6.75. The Morgan fingerprint density at radius 3 is 2.52 bits per heavy atom. The van der Waals surface area contributed by atoms with Crippen LogP contribution in [0.25, 0.3) is 6.08 Å². The van der Waals surface area contributed by atoms with Crippen LogP contribution in [0.2, 0.25) is 0 Å². The van der Waals surface area contributed by atoms with Crippen molar-refractivity contribution in [2.24, 2.45) is 0 Å². The number of carboxylic acids is 1. The molecule has 108 valence electrons. The number of hydrogen-bond donors (Lipinski definition) is 1. The number of carbonyl (C=O) groups is 1. The number of aryl methyl sites for hydroxylation is 2. The van der Waals surface area contributed by atoms with Crippen molar-refractivity contribution in [3.63, 3.8) is 0 Å². The van der Waals surface area contributed by atoms with Gasteiger partial charge in [0.1, 0.15) is 0 Å². The van der Waals surface area contributed by atoms with Crippen molar-refractivity contribution in [1.82, 2.24) is 0 Å². The van der Waals surface area contributed by atoms with Crippen LogP contribution in [0.4, 0.5) is 0 Å². The molecular weight excluding hydrogens is 280 g/mol. The Bertz CT molecular complexity index is 657. The molecule has 0 amide bonds. The van der Waals surface area contributed by atoms with Gasteiger partial charge in [-0.25, -0.2) is 4.79 Å². The molecule has 0 saturated carbocycles. The second kappa shape index (κ2) is 7.14. The molecule has 0 heterocycles. The SMILES string of the molecule is Cc1ccc(SCc2c(C)cccc2/C=C/C(=O)O)cc1. The summed E-state index contributed by atoms with van der Waals surface area (Å²) in [7, 11) is 0. The maximum atomic E-state index is 10.7. The first-order valence-corrected chi connectivity index (χ1v) is 7.74. The van der Waals surface area contributed by atoms with Gasteiger partial charge < -0.3 is 5.11 Å². The third-order valence-corrected chi connectivity index (χ3v) is 4.29. The number of hydrogen-bond acceptors (Lipinski definition) is 2. The van der Waals surface area contributed by atoms with Crippen LogP contribution in [0.1, 0.15) is 22.3 Å². The van der Waals surface area contributed by atoms with E-state index in [0.717, 1.165) is 11.3 Å². The fourth-order valence-electron chi connectivity index (χ4n) is 2.03. The average molecular weight is 298 g/mol. The Morgan fingerprint density at radius 1 is 1.14 bits per heavy atom. The number of carboxylic acid groups (broad SMARTS) is 1.